The molecule has 0 aromatic heterocycles. The Morgan fingerprint density at radius 3 is 2.31 bits per heavy atom. The van der Waals surface area contributed by atoms with Gasteiger partial charge in [0.1, 0.15) is 6.04 Å². The van der Waals surface area contributed by atoms with Crippen LogP contribution in [-0.4, -0.2) is 24.8 Å². The molecule has 0 aliphatic carbocycles. The van der Waals surface area contributed by atoms with Crippen LogP contribution in [0.4, 0.5) is 0 Å². The quantitative estimate of drug-likeness (QED) is 0.474. The lowest BCUT2D eigenvalue weighted by Crippen LogP contribution is -2.12. The Balaban J connectivity index is 4.16. The zero-order valence-electron chi connectivity index (χ0n) is 9.41. The Bertz CT molecular complexity index is 177. The highest BCUT2D eigenvalue weighted by molar-refractivity contribution is 5.64. The summed E-state index contributed by atoms with van der Waals surface area (Å²) < 4.78 is 0. The number of azo groups is 1. The first-order valence-electron chi connectivity index (χ1n) is 4.84. The van der Waals surface area contributed by atoms with Crippen molar-refractivity contribution in [3.05, 3.63) is 0 Å². The van der Waals surface area contributed by atoms with Gasteiger partial charge in [0.05, 0.1) is 5.54 Å². The van der Waals surface area contributed by atoms with Gasteiger partial charge >= 0.3 is 0 Å². The Morgan fingerprint density at radius 1 is 1.31 bits per heavy atom. The van der Waals surface area contributed by atoms with Gasteiger partial charge in [0.2, 0.25) is 0 Å². The van der Waals surface area contributed by atoms with Crippen LogP contribution in [0.25, 0.3) is 0 Å². The molecule has 0 N–H and O–H groups in total. The van der Waals surface area contributed by atoms with Crippen LogP contribution in [0.5, 0.6) is 0 Å². The van der Waals surface area contributed by atoms with Gasteiger partial charge in [-0.15, -0.1) is 0 Å². The van der Waals surface area contributed by atoms with Gasteiger partial charge < -0.3 is 0 Å². The molecular weight excluding hydrogens is 162 g/mol. The molecule has 0 aliphatic rings. The monoisotopic (exact) mass is 183 g/mol. The van der Waals surface area contributed by atoms with Crippen molar-refractivity contribution in [2.45, 2.75) is 52.1 Å². The van der Waals surface area contributed by atoms with Gasteiger partial charge in [0, 0.05) is 13.3 Å². The van der Waals surface area contributed by atoms with E-state index in [1.807, 2.05) is 27.0 Å². The van der Waals surface area contributed by atoms with Crippen LogP contribution < -0.4 is 0 Å². The fourth-order valence-electron chi connectivity index (χ4n) is 0.877. The third-order valence-corrected chi connectivity index (χ3v) is 1.41. The average molecular weight is 183 g/mol. The molecule has 0 aromatic carbocycles. The molecule has 0 radical (unpaired) electrons. The van der Waals surface area contributed by atoms with E-state index in [1.54, 1.807) is 7.05 Å². The number of nitrogens with zero attached hydrogens (tertiary/aromatic N) is 3. The zero-order valence-corrected chi connectivity index (χ0v) is 9.41. The maximum Gasteiger partial charge on any atom is 0.105 e. The SMILES string of the molecule is CCCC(/C=N/C)/N=N/C(C)(C)C. The van der Waals surface area contributed by atoms with E-state index in [0.717, 1.165) is 12.8 Å². The van der Waals surface area contributed by atoms with Crippen LogP contribution in [0.3, 0.4) is 0 Å². The minimum Gasteiger partial charge on any atom is -0.299 e. The van der Waals surface area contributed by atoms with Crippen molar-refractivity contribution in [3.8, 4) is 0 Å². The molecule has 0 aromatic rings. The molecule has 0 rings (SSSR count). The van der Waals surface area contributed by atoms with Crippen LogP contribution in [0.1, 0.15) is 40.5 Å². The van der Waals surface area contributed by atoms with E-state index in [4.69, 9.17) is 0 Å². The van der Waals surface area contributed by atoms with Gasteiger partial charge in [-0.25, -0.2) is 0 Å². The van der Waals surface area contributed by atoms with Crippen molar-refractivity contribution < 1.29 is 0 Å². The largest absolute Gasteiger partial charge is 0.299 e. The third kappa shape index (κ3) is 7.62. The number of aliphatic imine (C=N–C) groups is 1. The molecule has 0 saturated heterocycles. The molecule has 3 heteroatoms. The van der Waals surface area contributed by atoms with Gasteiger partial charge in [0.25, 0.3) is 0 Å². The highest BCUT2D eigenvalue weighted by Crippen LogP contribution is 2.09. The summed E-state index contributed by atoms with van der Waals surface area (Å²) >= 11 is 0. The predicted molar refractivity (Wildman–Crippen MR) is 57.7 cm³/mol. The highest BCUT2D eigenvalue weighted by Gasteiger charge is 2.08. The molecule has 0 saturated carbocycles. The summed E-state index contributed by atoms with van der Waals surface area (Å²) in [5.41, 5.74) is -0.0758. The van der Waals surface area contributed by atoms with E-state index in [2.05, 4.69) is 22.1 Å². The summed E-state index contributed by atoms with van der Waals surface area (Å²) in [7, 11) is 1.77. The van der Waals surface area contributed by atoms with Crippen molar-refractivity contribution >= 4 is 6.21 Å². The second-order valence-corrected chi connectivity index (χ2v) is 4.15. The first kappa shape index (κ1) is 12.3. The van der Waals surface area contributed by atoms with E-state index >= 15 is 0 Å². The fourth-order valence-corrected chi connectivity index (χ4v) is 0.877. The molecule has 76 valence electrons. The van der Waals surface area contributed by atoms with Crippen molar-refractivity contribution in [2.75, 3.05) is 7.05 Å². The van der Waals surface area contributed by atoms with Crippen LogP contribution in [0.2, 0.25) is 0 Å². The lowest BCUT2D eigenvalue weighted by atomic mass is 10.1. The van der Waals surface area contributed by atoms with Crippen molar-refractivity contribution in [3.63, 3.8) is 0 Å². The van der Waals surface area contributed by atoms with Gasteiger partial charge in [-0.05, 0) is 27.2 Å². The van der Waals surface area contributed by atoms with E-state index in [1.165, 1.54) is 0 Å². The third-order valence-electron chi connectivity index (χ3n) is 1.41. The Morgan fingerprint density at radius 2 is 1.92 bits per heavy atom. The maximum absolute atomic E-state index is 4.25. The van der Waals surface area contributed by atoms with Gasteiger partial charge in [-0.1, -0.05) is 13.3 Å². The molecule has 13 heavy (non-hydrogen) atoms. The number of hydrogen-bond donors (Lipinski definition) is 0. The van der Waals surface area contributed by atoms with E-state index in [-0.39, 0.29) is 11.6 Å². The van der Waals surface area contributed by atoms with Crippen LogP contribution in [0.15, 0.2) is 15.2 Å². The molecule has 0 bridgehead atoms. The van der Waals surface area contributed by atoms with Crippen molar-refractivity contribution in [1.82, 2.24) is 0 Å². The van der Waals surface area contributed by atoms with E-state index in [0.29, 0.717) is 0 Å². The second-order valence-electron chi connectivity index (χ2n) is 4.15. The van der Waals surface area contributed by atoms with E-state index in [9.17, 15) is 0 Å². The minimum atomic E-state index is -0.0758. The summed E-state index contributed by atoms with van der Waals surface area (Å²) in [6.07, 6.45) is 4.00. The first-order chi connectivity index (χ1) is 5.99. The van der Waals surface area contributed by atoms with E-state index < -0.39 is 0 Å². The lowest BCUT2D eigenvalue weighted by molar-refractivity contribution is 0.523. The molecule has 0 fully saturated rings. The number of hydrogen-bond acceptors (Lipinski definition) is 3. The first-order valence-corrected chi connectivity index (χ1v) is 4.84. The summed E-state index contributed by atoms with van der Waals surface area (Å²) in [6, 6.07) is 0.161. The smallest absolute Gasteiger partial charge is 0.105 e. The highest BCUT2D eigenvalue weighted by atomic mass is 15.2. The zero-order chi connectivity index (χ0) is 10.3. The van der Waals surface area contributed by atoms with Gasteiger partial charge in [-0.3, -0.25) is 4.99 Å². The Kier molecular flexibility index (Phi) is 5.51. The second kappa shape index (κ2) is 5.84. The van der Waals surface area contributed by atoms with Crippen LogP contribution in [0, 0.1) is 0 Å². The molecule has 0 heterocycles. The summed E-state index contributed by atoms with van der Waals surface area (Å²) in [4.78, 5) is 3.98. The molecule has 1 unspecified atom stereocenters. The molecule has 0 spiro atoms. The fraction of sp³-hybridized carbons (Fsp3) is 0.900. The summed E-state index contributed by atoms with van der Waals surface area (Å²) in [5, 5.41) is 8.48. The van der Waals surface area contributed by atoms with Crippen LogP contribution >= 0.6 is 0 Å². The molecular formula is C10H21N3. The van der Waals surface area contributed by atoms with Crippen molar-refractivity contribution in [1.29, 1.82) is 0 Å². The summed E-state index contributed by atoms with van der Waals surface area (Å²) in [5.74, 6) is 0. The topological polar surface area (TPSA) is 37.1 Å². The van der Waals surface area contributed by atoms with Crippen LogP contribution in [-0.2, 0) is 0 Å². The average Bonchev–Trinajstić information content (AvgIpc) is 2.00. The Labute approximate surface area is 81.4 Å². The molecule has 1 atom stereocenters. The van der Waals surface area contributed by atoms with Gasteiger partial charge in [0.15, 0.2) is 0 Å². The molecule has 0 aliphatic heterocycles. The summed E-state index contributed by atoms with van der Waals surface area (Å²) in [6.45, 7) is 8.27. The van der Waals surface area contributed by atoms with Crippen molar-refractivity contribution in [2.24, 2.45) is 15.2 Å². The predicted octanol–water partition coefficient (Wildman–Crippen LogP) is 3.11. The molecule has 3 nitrogen and oxygen atoms in total. The van der Waals surface area contributed by atoms with Gasteiger partial charge in [-0.2, -0.15) is 10.2 Å². The lowest BCUT2D eigenvalue weighted by Gasteiger charge is -2.11. The molecule has 0 amide bonds. The Hall–Kier alpha value is -0.730. The minimum absolute atomic E-state index is 0.0758. The maximum atomic E-state index is 4.25. The standard InChI is InChI=1S/C10H21N3/c1-6-7-9(8-11-5)12-13-10(2,3)4/h8-9H,6-7H2,1-5H3/b11-8+,13-12+. The number of rotatable bonds is 4. The normalized spacial score (nSPS) is 15.8.